The lowest BCUT2D eigenvalue weighted by molar-refractivity contribution is -0.143. The van der Waals surface area contributed by atoms with Crippen molar-refractivity contribution in [1.29, 1.82) is 0 Å². The summed E-state index contributed by atoms with van der Waals surface area (Å²) in [7, 11) is 0. The van der Waals surface area contributed by atoms with Gasteiger partial charge in [0.15, 0.2) is 0 Å². The Hall–Kier alpha value is -2.32. The first-order chi connectivity index (χ1) is 12.9. The maximum atomic E-state index is 13.0. The summed E-state index contributed by atoms with van der Waals surface area (Å²) in [5.41, 5.74) is 2.71. The molecule has 2 aromatic rings. The number of nitrogens with two attached hydrogens (primary N) is 1. The highest BCUT2D eigenvalue weighted by atomic mass is 19.4. The van der Waals surface area contributed by atoms with E-state index >= 15 is 0 Å². The van der Waals surface area contributed by atoms with Crippen molar-refractivity contribution < 1.29 is 31.1 Å². The zero-order valence-corrected chi connectivity index (χ0v) is 14.9. The van der Waals surface area contributed by atoms with Gasteiger partial charge < -0.3 is 10.5 Å². The standard InChI is InChI=1S/C20H19F6NO/c1-3-18(27,15-7-5-4-6-8-15)12-28-13(2)14-9-16(19(21,22)23)11-17(10-14)20(24,25)26/h3-11,13H,1,12,27H2,2H3/t13-,18-/m1/s1. The summed E-state index contributed by atoms with van der Waals surface area (Å²) in [5.74, 6) is 0. The van der Waals surface area contributed by atoms with Crippen molar-refractivity contribution in [1.82, 2.24) is 0 Å². The second-order valence-electron chi connectivity index (χ2n) is 6.40. The summed E-state index contributed by atoms with van der Waals surface area (Å²) in [4.78, 5) is 0. The van der Waals surface area contributed by atoms with E-state index in [9.17, 15) is 26.3 Å². The van der Waals surface area contributed by atoms with Crippen LogP contribution in [0.2, 0.25) is 0 Å². The van der Waals surface area contributed by atoms with Gasteiger partial charge in [0.25, 0.3) is 0 Å². The number of alkyl halides is 6. The second-order valence-corrected chi connectivity index (χ2v) is 6.40. The lowest BCUT2D eigenvalue weighted by atomic mass is 9.92. The van der Waals surface area contributed by atoms with Crippen LogP contribution in [0.15, 0.2) is 61.2 Å². The molecule has 0 bridgehead atoms. The molecule has 0 aliphatic heterocycles. The third-order valence-electron chi connectivity index (χ3n) is 4.33. The van der Waals surface area contributed by atoms with E-state index in [2.05, 4.69) is 6.58 Å². The summed E-state index contributed by atoms with van der Waals surface area (Å²) in [5, 5.41) is 0. The highest BCUT2D eigenvalue weighted by Crippen LogP contribution is 2.38. The Balaban J connectivity index is 2.30. The maximum Gasteiger partial charge on any atom is 0.416 e. The fourth-order valence-corrected chi connectivity index (χ4v) is 2.58. The molecule has 0 aliphatic rings. The first-order valence-electron chi connectivity index (χ1n) is 8.26. The normalized spacial score (nSPS) is 15.7. The minimum atomic E-state index is -4.92. The van der Waals surface area contributed by atoms with Gasteiger partial charge in [-0.05, 0) is 36.2 Å². The SMILES string of the molecule is C=C[C@@](N)(CO[C@H](C)c1cc(C(F)(F)F)cc(C(F)(F)F)c1)c1ccccc1. The minimum Gasteiger partial charge on any atom is -0.371 e. The van der Waals surface area contributed by atoms with Crippen LogP contribution in [-0.4, -0.2) is 6.61 Å². The molecule has 0 aromatic heterocycles. The summed E-state index contributed by atoms with van der Waals surface area (Å²) in [6, 6.07) is 10.1. The summed E-state index contributed by atoms with van der Waals surface area (Å²) in [6.07, 6.45) is -9.48. The number of rotatable bonds is 6. The lowest BCUT2D eigenvalue weighted by Crippen LogP contribution is -2.39. The molecule has 2 aromatic carbocycles. The number of benzene rings is 2. The first-order valence-corrected chi connectivity index (χ1v) is 8.26. The van der Waals surface area contributed by atoms with Crippen LogP contribution in [-0.2, 0) is 22.6 Å². The van der Waals surface area contributed by atoms with Gasteiger partial charge in [-0.3, -0.25) is 0 Å². The van der Waals surface area contributed by atoms with Crippen LogP contribution in [0.4, 0.5) is 26.3 Å². The van der Waals surface area contributed by atoms with Crippen molar-refractivity contribution in [2.24, 2.45) is 5.73 Å². The van der Waals surface area contributed by atoms with Gasteiger partial charge in [-0.2, -0.15) is 26.3 Å². The molecule has 0 spiro atoms. The molecule has 0 heterocycles. The maximum absolute atomic E-state index is 13.0. The topological polar surface area (TPSA) is 35.2 Å². The van der Waals surface area contributed by atoms with Crippen LogP contribution in [0.3, 0.4) is 0 Å². The zero-order valence-electron chi connectivity index (χ0n) is 14.9. The van der Waals surface area contributed by atoms with Crippen LogP contribution in [0.1, 0.15) is 35.3 Å². The highest BCUT2D eigenvalue weighted by molar-refractivity contribution is 5.35. The van der Waals surface area contributed by atoms with Gasteiger partial charge in [0.2, 0.25) is 0 Å². The zero-order chi connectivity index (χ0) is 21.2. The van der Waals surface area contributed by atoms with Crippen molar-refractivity contribution in [3.05, 3.63) is 83.4 Å². The molecule has 0 fully saturated rings. The van der Waals surface area contributed by atoms with E-state index in [1.807, 2.05) is 0 Å². The Morgan fingerprint density at radius 3 is 1.86 bits per heavy atom. The molecule has 0 radical (unpaired) electrons. The van der Waals surface area contributed by atoms with E-state index in [1.54, 1.807) is 30.3 Å². The van der Waals surface area contributed by atoms with Crippen molar-refractivity contribution in [2.75, 3.05) is 6.61 Å². The largest absolute Gasteiger partial charge is 0.416 e. The van der Waals surface area contributed by atoms with Crippen molar-refractivity contribution in [3.8, 4) is 0 Å². The summed E-state index contributed by atoms with van der Waals surface area (Å²) < 4.78 is 83.6. The van der Waals surface area contributed by atoms with Crippen LogP contribution in [0, 0.1) is 0 Å². The van der Waals surface area contributed by atoms with E-state index in [0.717, 1.165) is 0 Å². The van der Waals surface area contributed by atoms with E-state index in [4.69, 9.17) is 10.5 Å². The molecule has 2 rings (SSSR count). The molecule has 0 unspecified atom stereocenters. The average Bonchev–Trinajstić information content (AvgIpc) is 2.64. The minimum absolute atomic E-state index is 0.0805. The van der Waals surface area contributed by atoms with Gasteiger partial charge in [0.05, 0.1) is 29.4 Å². The predicted molar refractivity (Wildman–Crippen MR) is 93.3 cm³/mol. The Morgan fingerprint density at radius 1 is 0.929 bits per heavy atom. The third-order valence-corrected chi connectivity index (χ3v) is 4.33. The molecule has 2 nitrogen and oxygen atoms in total. The third kappa shape index (κ3) is 5.14. The van der Waals surface area contributed by atoms with Gasteiger partial charge in [-0.1, -0.05) is 36.4 Å². The fourth-order valence-electron chi connectivity index (χ4n) is 2.58. The van der Waals surface area contributed by atoms with Crippen molar-refractivity contribution >= 4 is 0 Å². The number of halogens is 6. The van der Waals surface area contributed by atoms with Crippen LogP contribution >= 0.6 is 0 Å². The van der Waals surface area contributed by atoms with Gasteiger partial charge in [0, 0.05) is 0 Å². The van der Waals surface area contributed by atoms with Gasteiger partial charge in [-0.15, -0.1) is 6.58 Å². The van der Waals surface area contributed by atoms with Gasteiger partial charge in [0.1, 0.15) is 0 Å². The molecule has 0 aliphatic carbocycles. The first kappa shape index (κ1) is 22.0. The highest BCUT2D eigenvalue weighted by Gasteiger charge is 2.37. The Labute approximate surface area is 158 Å². The molecule has 0 saturated carbocycles. The molecule has 152 valence electrons. The quantitative estimate of drug-likeness (QED) is 0.486. The second kappa shape index (κ2) is 7.97. The van der Waals surface area contributed by atoms with Crippen LogP contribution < -0.4 is 5.73 Å². The fraction of sp³-hybridized carbons (Fsp3) is 0.300. The van der Waals surface area contributed by atoms with Crippen molar-refractivity contribution in [3.63, 3.8) is 0 Å². The molecular formula is C20H19F6NO. The average molecular weight is 403 g/mol. The number of hydrogen-bond donors (Lipinski definition) is 1. The molecule has 8 heteroatoms. The lowest BCUT2D eigenvalue weighted by Gasteiger charge is -2.28. The molecule has 2 atom stereocenters. The monoisotopic (exact) mass is 403 g/mol. The molecule has 0 amide bonds. The van der Waals surface area contributed by atoms with E-state index < -0.39 is 35.1 Å². The number of ether oxygens (including phenoxy) is 1. The van der Waals surface area contributed by atoms with Crippen LogP contribution in [0.5, 0.6) is 0 Å². The van der Waals surface area contributed by atoms with Gasteiger partial charge >= 0.3 is 12.4 Å². The van der Waals surface area contributed by atoms with Crippen LogP contribution in [0.25, 0.3) is 0 Å². The number of hydrogen-bond acceptors (Lipinski definition) is 2. The smallest absolute Gasteiger partial charge is 0.371 e. The Bertz CT molecular complexity index is 783. The van der Waals surface area contributed by atoms with E-state index in [1.165, 1.54) is 13.0 Å². The van der Waals surface area contributed by atoms with E-state index in [-0.39, 0.29) is 18.2 Å². The predicted octanol–water partition coefficient (Wildman–Crippen LogP) is 5.84. The van der Waals surface area contributed by atoms with Gasteiger partial charge in [-0.25, -0.2) is 0 Å². The van der Waals surface area contributed by atoms with E-state index in [0.29, 0.717) is 17.7 Å². The molecule has 28 heavy (non-hydrogen) atoms. The molecule has 2 N–H and O–H groups in total. The summed E-state index contributed by atoms with van der Waals surface area (Å²) >= 11 is 0. The molecule has 0 saturated heterocycles. The molecular weight excluding hydrogens is 384 g/mol. The Morgan fingerprint density at radius 2 is 1.43 bits per heavy atom. The Kier molecular flexibility index (Phi) is 6.25. The summed E-state index contributed by atoms with van der Waals surface area (Å²) in [6.45, 7) is 4.83. The van der Waals surface area contributed by atoms with Crippen molar-refractivity contribution in [2.45, 2.75) is 30.9 Å².